The first-order chi connectivity index (χ1) is 8.34. The van der Waals surface area contributed by atoms with Crippen LogP contribution >= 0.6 is 15.9 Å². The lowest BCUT2D eigenvalue weighted by Gasteiger charge is -2.06. The molecule has 1 aromatic heterocycles. The number of unbranched alkanes of at least 4 members (excludes halogenated alkanes) is 6. The highest BCUT2D eigenvalue weighted by atomic mass is 79.9. The molecule has 0 saturated heterocycles. The molecule has 17 heavy (non-hydrogen) atoms. The van der Waals surface area contributed by atoms with Crippen LogP contribution in [0.15, 0.2) is 22.9 Å². The van der Waals surface area contributed by atoms with Gasteiger partial charge in [0.1, 0.15) is 4.60 Å². The van der Waals surface area contributed by atoms with E-state index in [1.807, 2.05) is 12.1 Å². The molecule has 0 saturated carbocycles. The maximum atomic E-state index is 5.66. The minimum Gasteiger partial charge on any atom is -0.491 e. The van der Waals surface area contributed by atoms with Gasteiger partial charge in [0.25, 0.3) is 0 Å². The molecule has 1 aromatic rings. The zero-order chi connectivity index (χ0) is 12.3. The molecule has 96 valence electrons. The van der Waals surface area contributed by atoms with Crippen LogP contribution in [0.2, 0.25) is 0 Å². The molecule has 0 fully saturated rings. The van der Waals surface area contributed by atoms with Crippen LogP contribution in [-0.2, 0) is 0 Å². The fourth-order valence-corrected chi connectivity index (χ4v) is 2.09. The normalized spacial score (nSPS) is 10.5. The van der Waals surface area contributed by atoms with Crippen molar-refractivity contribution in [1.29, 1.82) is 0 Å². The number of halogens is 1. The summed E-state index contributed by atoms with van der Waals surface area (Å²) in [6.45, 7) is 3.04. The number of hydrogen-bond acceptors (Lipinski definition) is 2. The number of aromatic nitrogens is 1. The van der Waals surface area contributed by atoms with Crippen LogP contribution in [-0.4, -0.2) is 11.6 Å². The highest BCUT2D eigenvalue weighted by Crippen LogP contribution is 2.21. The molecule has 0 amide bonds. The van der Waals surface area contributed by atoms with Crippen molar-refractivity contribution in [2.24, 2.45) is 0 Å². The summed E-state index contributed by atoms with van der Waals surface area (Å²) in [5.41, 5.74) is 0. The SMILES string of the molecule is CCCCCCCCCOc1cccnc1Br. The summed E-state index contributed by atoms with van der Waals surface area (Å²) in [5.74, 6) is 0.846. The van der Waals surface area contributed by atoms with Crippen molar-refractivity contribution in [2.45, 2.75) is 51.9 Å². The van der Waals surface area contributed by atoms with Gasteiger partial charge in [-0.3, -0.25) is 0 Å². The summed E-state index contributed by atoms with van der Waals surface area (Å²) in [4.78, 5) is 4.12. The van der Waals surface area contributed by atoms with Crippen LogP contribution < -0.4 is 4.74 Å². The van der Waals surface area contributed by atoms with Crippen molar-refractivity contribution in [3.8, 4) is 5.75 Å². The molecule has 1 rings (SSSR count). The number of pyridine rings is 1. The van der Waals surface area contributed by atoms with Crippen LogP contribution in [0.1, 0.15) is 51.9 Å². The van der Waals surface area contributed by atoms with Gasteiger partial charge in [-0.15, -0.1) is 0 Å². The second kappa shape index (κ2) is 9.46. The quantitative estimate of drug-likeness (QED) is 0.474. The van der Waals surface area contributed by atoms with E-state index < -0.39 is 0 Å². The van der Waals surface area contributed by atoms with Gasteiger partial charge in [-0.05, 0) is 34.5 Å². The first-order valence-corrected chi connectivity index (χ1v) is 7.37. The fraction of sp³-hybridized carbons (Fsp3) is 0.643. The molecular weight excluding hydrogens is 278 g/mol. The lowest BCUT2D eigenvalue weighted by atomic mass is 10.1. The van der Waals surface area contributed by atoms with E-state index in [2.05, 4.69) is 27.8 Å². The van der Waals surface area contributed by atoms with Gasteiger partial charge < -0.3 is 4.74 Å². The predicted octanol–water partition coefficient (Wildman–Crippen LogP) is 4.97. The highest BCUT2D eigenvalue weighted by Gasteiger charge is 1.99. The third-order valence-corrected chi connectivity index (χ3v) is 3.33. The highest BCUT2D eigenvalue weighted by molar-refractivity contribution is 9.10. The molecule has 0 aliphatic rings. The lowest BCUT2D eigenvalue weighted by molar-refractivity contribution is 0.301. The Hall–Kier alpha value is -0.570. The zero-order valence-electron chi connectivity index (χ0n) is 10.6. The number of rotatable bonds is 9. The Morgan fingerprint density at radius 1 is 1.12 bits per heavy atom. The Bertz CT molecular complexity index is 304. The van der Waals surface area contributed by atoms with Crippen molar-refractivity contribution in [3.05, 3.63) is 22.9 Å². The molecule has 0 aliphatic heterocycles. The van der Waals surface area contributed by atoms with E-state index in [1.165, 1.54) is 38.5 Å². The largest absolute Gasteiger partial charge is 0.491 e. The second-order valence-corrected chi connectivity index (χ2v) is 5.01. The number of ether oxygens (including phenoxy) is 1. The van der Waals surface area contributed by atoms with E-state index in [-0.39, 0.29) is 0 Å². The van der Waals surface area contributed by atoms with Crippen molar-refractivity contribution in [2.75, 3.05) is 6.61 Å². The van der Waals surface area contributed by atoms with Crippen molar-refractivity contribution < 1.29 is 4.74 Å². The molecule has 2 nitrogen and oxygen atoms in total. The number of nitrogens with zero attached hydrogens (tertiary/aromatic N) is 1. The second-order valence-electron chi connectivity index (χ2n) is 4.26. The Balaban J connectivity index is 1.99. The Morgan fingerprint density at radius 2 is 1.82 bits per heavy atom. The first-order valence-electron chi connectivity index (χ1n) is 6.58. The van der Waals surface area contributed by atoms with Gasteiger partial charge in [0.05, 0.1) is 6.61 Å². The maximum Gasteiger partial charge on any atom is 0.152 e. The average Bonchev–Trinajstić information content (AvgIpc) is 2.35. The summed E-state index contributed by atoms with van der Waals surface area (Å²) in [7, 11) is 0. The molecule has 3 heteroatoms. The third kappa shape index (κ3) is 6.67. The standard InChI is InChI=1S/C14H22BrNO/c1-2-3-4-5-6-7-8-12-17-13-10-9-11-16-14(13)15/h9-11H,2-8,12H2,1H3. The van der Waals surface area contributed by atoms with E-state index in [0.717, 1.165) is 23.4 Å². The monoisotopic (exact) mass is 299 g/mol. The van der Waals surface area contributed by atoms with Gasteiger partial charge >= 0.3 is 0 Å². The summed E-state index contributed by atoms with van der Waals surface area (Å²) in [5, 5.41) is 0. The van der Waals surface area contributed by atoms with Crippen LogP contribution in [0.3, 0.4) is 0 Å². The topological polar surface area (TPSA) is 22.1 Å². The van der Waals surface area contributed by atoms with E-state index in [1.54, 1.807) is 6.20 Å². The molecule has 0 unspecified atom stereocenters. The Kier molecular flexibility index (Phi) is 8.06. The number of hydrogen-bond donors (Lipinski definition) is 0. The molecule has 0 aromatic carbocycles. The van der Waals surface area contributed by atoms with Crippen LogP contribution in [0.4, 0.5) is 0 Å². The maximum absolute atomic E-state index is 5.66. The van der Waals surface area contributed by atoms with Gasteiger partial charge in [0.2, 0.25) is 0 Å². The summed E-state index contributed by atoms with van der Waals surface area (Å²) in [6.07, 6.45) is 10.9. The summed E-state index contributed by atoms with van der Waals surface area (Å²) >= 11 is 3.37. The first kappa shape index (κ1) is 14.5. The van der Waals surface area contributed by atoms with E-state index in [9.17, 15) is 0 Å². The van der Waals surface area contributed by atoms with E-state index in [4.69, 9.17) is 4.74 Å². The molecule has 0 atom stereocenters. The minimum atomic E-state index is 0.790. The lowest BCUT2D eigenvalue weighted by Crippen LogP contribution is -1.98. The predicted molar refractivity (Wildman–Crippen MR) is 75.4 cm³/mol. The van der Waals surface area contributed by atoms with Crippen LogP contribution in [0.25, 0.3) is 0 Å². The molecule has 0 N–H and O–H groups in total. The van der Waals surface area contributed by atoms with Gasteiger partial charge in [-0.2, -0.15) is 0 Å². The van der Waals surface area contributed by atoms with Crippen LogP contribution in [0.5, 0.6) is 5.75 Å². The van der Waals surface area contributed by atoms with E-state index >= 15 is 0 Å². The molecular formula is C14H22BrNO. The van der Waals surface area contributed by atoms with Gasteiger partial charge in [0, 0.05) is 6.20 Å². The summed E-state index contributed by atoms with van der Waals surface area (Å²) in [6, 6.07) is 3.84. The fourth-order valence-electron chi connectivity index (χ4n) is 1.72. The molecule has 0 bridgehead atoms. The van der Waals surface area contributed by atoms with Gasteiger partial charge in [-0.1, -0.05) is 45.4 Å². The Labute approximate surface area is 113 Å². The minimum absolute atomic E-state index is 0.790. The molecule has 0 spiro atoms. The van der Waals surface area contributed by atoms with Gasteiger partial charge in [0.15, 0.2) is 5.75 Å². The Morgan fingerprint density at radius 3 is 2.53 bits per heavy atom. The van der Waals surface area contributed by atoms with Crippen molar-refractivity contribution in [3.63, 3.8) is 0 Å². The van der Waals surface area contributed by atoms with Crippen molar-refractivity contribution >= 4 is 15.9 Å². The summed E-state index contributed by atoms with van der Waals surface area (Å²) < 4.78 is 6.45. The van der Waals surface area contributed by atoms with Crippen LogP contribution in [0, 0.1) is 0 Å². The third-order valence-electron chi connectivity index (χ3n) is 2.73. The van der Waals surface area contributed by atoms with Gasteiger partial charge in [-0.25, -0.2) is 4.98 Å². The van der Waals surface area contributed by atoms with E-state index in [0.29, 0.717) is 0 Å². The molecule has 1 heterocycles. The van der Waals surface area contributed by atoms with Crippen molar-refractivity contribution in [1.82, 2.24) is 4.98 Å². The zero-order valence-corrected chi connectivity index (χ0v) is 12.2. The molecule has 0 aliphatic carbocycles. The molecule has 0 radical (unpaired) electrons. The smallest absolute Gasteiger partial charge is 0.152 e. The average molecular weight is 300 g/mol.